The summed E-state index contributed by atoms with van der Waals surface area (Å²) >= 11 is 0. The Morgan fingerprint density at radius 2 is 0.717 bits per heavy atom. The van der Waals surface area contributed by atoms with E-state index in [0.717, 1.165) is 38.5 Å². The molecule has 0 spiro atoms. The number of allylic oxidation sites excluding steroid dienone is 6. The molecule has 0 fully saturated rings. The fourth-order valence-electron chi connectivity index (χ4n) is 6.12. The van der Waals surface area contributed by atoms with Gasteiger partial charge in [0, 0.05) is 25.7 Å². The minimum Gasteiger partial charge on any atom is -0.427 e. The van der Waals surface area contributed by atoms with E-state index < -0.39 is 0 Å². The van der Waals surface area contributed by atoms with Crippen LogP contribution in [0.15, 0.2) is 35.8 Å². The number of carbonyl (C=O) groups excluding carboxylic acids is 2. The van der Waals surface area contributed by atoms with Crippen molar-refractivity contribution in [1.29, 1.82) is 0 Å². The maximum Gasteiger partial charge on any atom is 0.310 e. The van der Waals surface area contributed by atoms with Crippen LogP contribution in [0.3, 0.4) is 0 Å². The summed E-state index contributed by atoms with van der Waals surface area (Å²) in [6.45, 7) is 4.54. The highest BCUT2D eigenvalue weighted by Crippen LogP contribution is 2.28. The summed E-state index contributed by atoms with van der Waals surface area (Å²) in [4.78, 5) is 25.0. The highest BCUT2D eigenvalue weighted by molar-refractivity contribution is 5.72. The van der Waals surface area contributed by atoms with Crippen LogP contribution in [0.4, 0.5) is 0 Å². The van der Waals surface area contributed by atoms with E-state index in [1.165, 1.54) is 141 Å². The Hall–Kier alpha value is -1.84. The van der Waals surface area contributed by atoms with Gasteiger partial charge in [-0.2, -0.15) is 0 Å². The Kier molecular flexibility index (Phi) is 30.3. The summed E-state index contributed by atoms with van der Waals surface area (Å²) in [5, 5.41) is 0. The van der Waals surface area contributed by atoms with Gasteiger partial charge >= 0.3 is 11.9 Å². The zero-order chi connectivity index (χ0) is 33.2. The molecule has 0 aromatic carbocycles. The molecule has 0 N–H and O–H groups in total. The quantitative estimate of drug-likeness (QED) is 0.0416. The van der Waals surface area contributed by atoms with Crippen molar-refractivity contribution >= 4 is 11.9 Å². The van der Waals surface area contributed by atoms with Gasteiger partial charge in [0.2, 0.25) is 0 Å². The first-order valence-electron chi connectivity index (χ1n) is 20.1. The smallest absolute Gasteiger partial charge is 0.310 e. The van der Waals surface area contributed by atoms with Gasteiger partial charge in [-0.25, -0.2) is 0 Å². The lowest BCUT2D eigenvalue weighted by atomic mass is 10.0. The van der Waals surface area contributed by atoms with Crippen molar-refractivity contribution in [3.8, 4) is 0 Å². The third-order valence-corrected chi connectivity index (χ3v) is 9.13. The maximum atomic E-state index is 12.5. The van der Waals surface area contributed by atoms with Crippen LogP contribution in [0, 0.1) is 0 Å². The Balaban J connectivity index is 2.05. The molecule has 266 valence electrons. The average molecular weight is 643 g/mol. The standard InChI is InChI=1S/C42H74O4/c1-3-5-7-9-11-13-15-17-19-21-23-25-27-29-31-37-41(43)45-39-35-33-34-36-40(39)46-42(44)38-32-30-28-26-24-22-20-18-16-14-12-10-8-6-4-2/h17-20H,3-16,21-38H2,1-2H3/b19-17-,20-18-. The summed E-state index contributed by atoms with van der Waals surface area (Å²) in [7, 11) is 0. The minimum atomic E-state index is -0.180. The van der Waals surface area contributed by atoms with Gasteiger partial charge in [-0.1, -0.05) is 141 Å². The van der Waals surface area contributed by atoms with E-state index in [4.69, 9.17) is 9.47 Å². The highest BCUT2D eigenvalue weighted by Gasteiger charge is 2.20. The van der Waals surface area contributed by atoms with Gasteiger partial charge in [-0.3, -0.25) is 9.59 Å². The summed E-state index contributed by atoms with van der Waals surface area (Å²) < 4.78 is 11.4. The molecule has 0 atom stereocenters. The Bertz CT molecular complexity index is 742. The predicted octanol–water partition coefficient (Wildman–Crippen LogP) is 13.9. The normalized spacial score (nSPS) is 13.7. The van der Waals surface area contributed by atoms with Gasteiger partial charge in [0.15, 0.2) is 0 Å². The topological polar surface area (TPSA) is 52.6 Å². The number of hydrogen-bond donors (Lipinski definition) is 0. The molecule has 1 rings (SSSR count). The van der Waals surface area contributed by atoms with Gasteiger partial charge in [0.05, 0.1) is 0 Å². The van der Waals surface area contributed by atoms with E-state index in [1.54, 1.807) is 0 Å². The second-order valence-electron chi connectivity index (χ2n) is 13.7. The van der Waals surface area contributed by atoms with E-state index in [9.17, 15) is 9.59 Å². The summed E-state index contributed by atoms with van der Waals surface area (Å²) in [6.07, 6.45) is 45.9. The molecule has 1 aliphatic carbocycles. The zero-order valence-corrected chi connectivity index (χ0v) is 30.6. The Labute approximate surface area is 285 Å². The SMILES string of the molecule is CCCCCCCC/C=C\CCCCCCCC(=O)OC1=C(OC(=O)CCCCCCC/C=C\CCCCCCCC)CCCC1. The van der Waals surface area contributed by atoms with Gasteiger partial charge in [0.1, 0.15) is 11.5 Å². The molecule has 0 saturated carbocycles. The molecule has 0 heterocycles. The van der Waals surface area contributed by atoms with Crippen molar-refractivity contribution < 1.29 is 19.1 Å². The fourth-order valence-corrected chi connectivity index (χ4v) is 6.12. The van der Waals surface area contributed by atoms with Crippen molar-refractivity contribution in [3.63, 3.8) is 0 Å². The van der Waals surface area contributed by atoms with E-state index in [0.29, 0.717) is 37.2 Å². The molecule has 0 amide bonds. The van der Waals surface area contributed by atoms with Crippen LogP contribution in [0.1, 0.15) is 219 Å². The molecule has 0 radical (unpaired) electrons. The summed E-state index contributed by atoms with van der Waals surface area (Å²) in [6, 6.07) is 0. The zero-order valence-electron chi connectivity index (χ0n) is 30.6. The third-order valence-electron chi connectivity index (χ3n) is 9.13. The summed E-state index contributed by atoms with van der Waals surface area (Å²) in [5.74, 6) is 0.837. The number of unbranched alkanes of at least 4 members (excludes halogenated alkanes) is 22. The van der Waals surface area contributed by atoms with E-state index in [1.807, 2.05) is 0 Å². The molecule has 0 bridgehead atoms. The van der Waals surface area contributed by atoms with Crippen molar-refractivity contribution in [3.05, 3.63) is 35.8 Å². The van der Waals surface area contributed by atoms with Crippen LogP contribution >= 0.6 is 0 Å². The van der Waals surface area contributed by atoms with Gasteiger partial charge in [-0.15, -0.1) is 0 Å². The molecule has 0 aromatic rings. The van der Waals surface area contributed by atoms with Crippen molar-refractivity contribution in [2.45, 2.75) is 219 Å². The second kappa shape index (κ2) is 33.1. The molecule has 0 saturated heterocycles. The maximum absolute atomic E-state index is 12.5. The lowest BCUT2D eigenvalue weighted by molar-refractivity contribution is -0.144. The molecule has 4 heteroatoms. The Morgan fingerprint density at radius 3 is 1.04 bits per heavy atom. The van der Waals surface area contributed by atoms with Crippen molar-refractivity contribution in [2.24, 2.45) is 0 Å². The third kappa shape index (κ3) is 27.3. The predicted molar refractivity (Wildman–Crippen MR) is 197 cm³/mol. The van der Waals surface area contributed by atoms with Crippen LogP contribution in [-0.2, 0) is 19.1 Å². The molecular weight excluding hydrogens is 568 g/mol. The molecular formula is C42H74O4. The molecule has 0 unspecified atom stereocenters. The number of carbonyl (C=O) groups is 2. The van der Waals surface area contributed by atoms with Gasteiger partial charge in [0.25, 0.3) is 0 Å². The van der Waals surface area contributed by atoms with Crippen LogP contribution in [0.2, 0.25) is 0 Å². The lowest BCUT2D eigenvalue weighted by Crippen LogP contribution is -2.14. The van der Waals surface area contributed by atoms with Gasteiger partial charge in [-0.05, 0) is 77.0 Å². The number of hydrogen-bond acceptors (Lipinski definition) is 4. The average Bonchev–Trinajstić information content (AvgIpc) is 3.05. The molecule has 0 aromatic heterocycles. The van der Waals surface area contributed by atoms with E-state index >= 15 is 0 Å². The minimum absolute atomic E-state index is 0.180. The molecule has 4 nitrogen and oxygen atoms in total. The Morgan fingerprint density at radius 1 is 0.435 bits per heavy atom. The number of ether oxygens (including phenoxy) is 2. The van der Waals surface area contributed by atoms with E-state index in [2.05, 4.69) is 38.2 Å². The first kappa shape index (κ1) is 42.2. The monoisotopic (exact) mass is 643 g/mol. The molecule has 46 heavy (non-hydrogen) atoms. The highest BCUT2D eigenvalue weighted by atomic mass is 16.6. The second-order valence-corrected chi connectivity index (χ2v) is 13.7. The van der Waals surface area contributed by atoms with Crippen molar-refractivity contribution in [2.75, 3.05) is 0 Å². The first-order valence-corrected chi connectivity index (χ1v) is 20.1. The van der Waals surface area contributed by atoms with Crippen LogP contribution in [0.25, 0.3) is 0 Å². The molecule has 0 aliphatic heterocycles. The summed E-state index contributed by atoms with van der Waals surface area (Å²) in [5.41, 5.74) is 0. The van der Waals surface area contributed by atoms with Crippen LogP contribution in [-0.4, -0.2) is 11.9 Å². The lowest BCUT2D eigenvalue weighted by Gasteiger charge is -2.19. The van der Waals surface area contributed by atoms with Crippen LogP contribution < -0.4 is 0 Å². The first-order chi connectivity index (χ1) is 22.7. The van der Waals surface area contributed by atoms with Crippen molar-refractivity contribution in [1.82, 2.24) is 0 Å². The fraction of sp³-hybridized carbons (Fsp3) is 0.810. The number of esters is 2. The largest absolute Gasteiger partial charge is 0.427 e. The van der Waals surface area contributed by atoms with Crippen LogP contribution in [0.5, 0.6) is 0 Å². The van der Waals surface area contributed by atoms with Gasteiger partial charge < -0.3 is 9.47 Å². The number of rotatable bonds is 32. The van der Waals surface area contributed by atoms with E-state index in [-0.39, 0.29) is 11.9 Å². The molecule has 1 aliphatic rings.